The first-order chi connectivity index (χ1) is 13.1. The molecule has 1 atom stereocenters. The number of nitrogens with one attached hydrogen (secondary N) is 1. The van der Waals surface area contributed by atoms with E-state index in [0.717, 1.165) is 12.8 Å². The van der Waals surface area contributed by atoms with Crippen molar-refractivity contribution in [2.45, 2.75) is 18.9 Å². The van der Waals surface area contributed by atoms with E-state index in [0.29, 0.717) is 11.3 Å². The number of carbonyl (C=O) groups excluding carboxylic acids is 2. The standard InChI is InChI=1S/C22H20N2O3/c1-24(19-13-10-15-5-2-3-6-18(15)19)22(26)16-8-11-17(12-9-16)23-21(25)20-7-4-14-27-20/h2-9,11-12,14,19H,10,13H2,1H3,(H,23,25). The quantitative estimate of drug-likeness (QED) is 0.755. The zero-order valence-electron chi connectivity index (χ0n) is 15.0. The summed E-state index contributed by atoms with van der Waals surface area (Å²) in [6.45, 7) is 0. The molecule has 0 saturated heterocycles. The normalized spacial score (nSPS) is 15.2. The monoisotopic (exact) mass is 360 g/mol. The fraction of sp³-hybridized carbons (Fsp3) is 0.182. The van der Waals surface area contributed by atoms with Crippen LogP contribution in [0.2, 0.25) is 0 Å². The largest absolute Gasteiger partial charge is 0.459 e. The molecule has 1 unspecified atom stereocenters. The maximum absolute atomic E-state index is 12.9. The second kappa shape index (κ2) is 7.11. The van der Waals surface area contributed by atoms with Crippen molar-refractivity contribution in [2.75, 3.05) is 12.4 Å². The van der Waals surface area contributed by atoms with Crippen LogP contribution in [0.3, 0.4) is 0 Å². The number of furan rings is 1. The number of benzene rings is 2. The van der Waals surface area contributed by atoms with Gasteiger partial charge in [-0.25, -0.2) is 0 Å². The summed E-state index contributed by atoms with van der Waals surface area (Å²) < 4.78 is 5.07. The van der Waals surface area contributed by atoms with E-state index in [2.05, 4.69) is 17.4 Å². The Kier molecular flexibility index (Phi) is 4.50. The minimum absolute atomic E-state index is 0.0272. The van der Waals surface area contributed by atoms with E-state index < -0.39 is 0 Å². The van der Waals surface area contributed by atoms with Gasteiger partial charge in [0.2, 0.25) is 0 Å². The molecule has 27 heavy (non-hydrogen) atoms. The van der Waals surface area contributed by atoms with Gasteiger partial charge in [0.15, 0.2) is 5.76 Å². The van der Waals surface area contributed by atoms with Crippen LogP contribution in [0.25, 0.3) is 0 Å². The highest BCUT2D eigenvalue weighted by atomic mass is 16.3. The number of carbonyl (C=O) groups is 2. The first-order valence-electron chi connectivity index (χ1n) is 8.93. The van der Waals surface area contributed by atoms with Crippen LogP contribution in [0.4, 0.5) is 5.69 Å². The van der Waals surface area contributed by atoms with E-state index in [4.69, 9.17) is 4.42 Å². The van der Waals surface area contributed by atoms with E-state index in [1.807, 2.05) is 24.1 Å². The van der Waals surface area contributed by atoms with Gasteiger partial charge in [-0.05, 0) is 60.4 Å². The van der Waals surface area contributed by atoms with Crippen molar-refractivity contribution in [3.8, 4) is 0 Å². The number of anilines is 1. The fourth-order valence-electron chi connectivity index (χ4n) is 3.58. The smallest absolute Gasteiger partial charge is 0.291 e. The van der Waals surface area contributed by atoms with Crippen LogP contribution in [-0.4, -0.2) is 23.8 Å². The molecular formula is C22H20N2O3. The van der Waals surface area contributed by atoms with Gasteiger partial charge < -0.3 is 14.6 Å². The SMILES string of the molecule is CN(C(=O)c1ccc(NC(=O)c2ccco2)cc1)C1CCc2ccccc21. The van der Waals surface area contributed by atoms with Gasteiger partial charge in [-0.2, -0.15) is 0 Å². The number of hydrogen-bond acceptors (Lipinski definition) is 3. The Labute approximate surface area is 157 Å². The first-order valence-corrected chi connectivity index (χ1v) is 8.93. The lowest BCUT2D eigenvalue weighted by Gasteiger charge is -2.25. The van der Waals surface area contributed by atoms with Crippen molar-refractivity contribution in [1.29, 1.82) is 0 Å². The molecule has 0 radical (unpaired) electrons. The van der Waals surface area contributed by atoms with Crippen molar-refractivity contribution in [3.63, 3.8) is 0 Å². The lowest BCUT2D eigenvalue weighted by molar-refractivity contribution is 0.0730. The van der Waals surface area contributed by atoms with Crippen LogP contribution in [0.1, 0.15) is 44.5 Å². The Morgan fingerprint density at radius 1 is 1.04 bits per heavy atom. The zero-order chi connectivity index (χ0) is 18.8. The Balaban J connectivity index is 1.46. The molecule has 0 aliphatic heterocycles. The van der Waals surface area contributed by atoms with Crippen molar-refractivity contribution in [3.05, 3.63) is 89.4 Å². The lowest BCUT2D eigenvalue weighted by atomic mass is 10.1. The molecule has 0 spiro atoms. The summed E-state index contributed by atoms with van der Waals surface area (Å²) in [5, 5.41) is 2.75. The van der Waals surface area contributed by atoms with Gasteiger partial charge in [0, 0.05) is 18.3 Å². The molecule has 0 saturated carbocycles. The summed E-state index contributed by atoms with van der Waals surface area (Å²) in [6.07, 6.45) is 3.39. The van der Waals surface area contributed by atoms with Gasteiger partial charge in [-0.1, -0.05) is 24.3 Å². The molecule has 2 amide bonds. The summed E-state index contributed by atoms with van der Waals surface area (Å²) in [5.41, 5.74) is 3.76. The number of nitrogens with zero attached hydrogens (tertiary/aromatic N) is 1. The average Bonchev–Trinajstić information content (AvgIpc) is 3.37. The summed E-state index contributed by atoms with van der Waals surface area (Å²) in [4.78, 5) is 26.7. The third kappa shape index (κ3) is 3.36. The number of aryl methyl sites for hydroxylation is 1. The van der Waals surface area contributed by atoms with E-state index in [9.17, 15) is 9.59 Å². The Morgan fingerprint density at radius 2 is 1.81 bits per heavy atom. The van der Waals surface area contributed by atoms with E-state index in [1.165, 1.54) is 17.4 Å². The molecule has 0 fully saturated rings. The van der Waals surface area contributed by atoms with Gasteiger partial charge in [0.05, 0.1) is 12.3 Å². The van der Waals surface area contributed by atoms with Crippen molar-refractivity contribution in [2.24, 2.45) is 0 Å². The summed E-state index contributed by atoms with van der Waals surface area (Å²) in [5.74, 6) is -0.103. The minimum Gasteiger partial charge on any atom is -0.459 e. The third-order valence-corrected chi connectivity index (χ3v) is 5.02. The molecule has 136 valence electrons. The average molecular weight is 360 g/mol. The van der Waals surface area contributed by atoms with Crippen LogP contribution in [0, 0.1) is 0 Å². The summed E-state index contributed by atoms with van der Waals surface area (Å²) >= 11 is 0. The van der Waals surface area contributed by atoms with Gasteiger partial charge in [-0.15, -0.1) is 0 Å². The van der Waals surface area contributed by atoms with Crippen LogP contribution >= 0.6 is 0 Å². The molecular weight excluding hydrogens is 340 g/mol. The fourth-order valence-corrected chi connectivity index (χ4v) is 3.58. The molecule has 1 N–H and O–H groups in total. The number of rotatable bonds is 4. The van der Waals surface area contributed by atoms with E-state index >= 15 is 0 Å². The van der Waals surface area contributed by atoms with Crippen LogP contribution < -0.4 is 5.32 Å². The summed E-state index contributed by atoms with van der Waals surface area (Å²) in [7, 11) is 1.85. The molecule has 0 bridgehead atoms. The molecule has 1 heterocycles. The topological polar surface area (TPSA) is 62.6 Å². The van der Waals surface area contributed by atoms with E-state index in [1.54, 1.807) is 36.4 Å². The van der Waals surface area contributed by atoms with Crippen LogP contribution in [-0.2, 0) is 6.42 Å². The molecule has 5 nitrogen and oxygen atoms in total. The molecule has 1 aliphatic rings. The van der Waals surface area contributed by atoms with Crippen molar-refractivity contribution < 1.29 is 14.0 Å². The number of amides is 2. The molecule has 1 aromatic heterocycles. The number of fused-ring (bicyclic) bond motifs is 1. The van der Waals surface area contributed by atoms with Crippen molar-refractivity contribution >= 4 is 17.5 Å². The molecule has 4 rings (SSSR count). The maximum Gasteiger partial charge on any atom is 0.291 e. The molecule has 2 aromatic carbocycles. The molecule has 3 aromatic rings. The lowest BCUT2D eigenvalue weighted by Crippen LogP contribution is -2.30. The van der Waals surface area contributed by atoms with Gasteiger partial charge in [0.1, 0.15) is 0 Å². The van der Waals surface area contributed by atoms with E-state index in [-0.39, 0.29) is 23.6 Å². The molecule has 5 heteroatoms. The highest BCUT2D eigenvalue weighted by Gasteiger charge is 2.28. The van der Waals surface area contributed by atoms with Gasteiger partial charge >= 0.3 is 0 Å². The predicted octanol–water partition coefficient (Wildman–Crippen LogP) is 4.29. The Bertz CT molecular complexity index is 961. The van der Waals surface area contributed by atoms with Gasteiger partial charge in [0.25, 0.3) is 11.8 Å². The Morgan fingerprint density at radius 3 is 2.56 bits per heavy atom. The second-order valence-corrected chi connectivity index (χ2v) is 6.68. The van der Waals surface area contributed by atoms with Crippen molar-refractivity contribution in [1.82, 2.24) is 4.90 Å². The maximum atomic E-state index is 12.9. The third-order valence-electron chi connectivity index (χ3n) is 5.02. The number of hydrogen-bond donors (Lipinski definition) is 1. The summed E-state index contributed by atoms with van der Waals surface area (Å²) in [6, 6.07) is 18.6. The highest BCUT2D eigenvalue weighted by molar-refractivity contribution is 6.02. The Hall–Kier alpha value is -3.34. The second-order valence-electron chi connectivity index (χ2n) is 6.68. The first kappa shape index (κ1) is 17.1. The van der Waals surface area contributed by atoms with Gasteiger partial charge in [-0.3, -0.25) is 9.59 Å². The van der Waals surface area contributed by atoms with Crippen LogP contribution in [0.5, 0.6) is 0 Å². The zero-order valence-corrected chi connectivity index (χ0v) is 15.0. The highest BCUT2D eigenvalue weighted by Crippen LogP contribution is 2.35. The minimum atomic E-state index is -0.321. The molecule has 1 aliphatic carbocycles. The van der Waals surface area contributed by atoms with Crippen LogP contribution in [0.15, 0.2) is 71.3 Å². The predicted molar refractivity (Wildman–Crippen MR) is 103 cm³/mol.